The minimum atomic E-state index is -0.393. The quantitative estimate of drug-likeness (QED) is 0.749. The average molecular weight is 349 g/mol. The minimum Gasteiger partial charge on any atom is -0.459 e. The van der Waals surface area contributed by atoms with Gasteiger partial charge in [0.1, 0.15) is 17.2 Å². The monoisotopic (exact) mass is 349 g/mol. The zero-order valence-corrected chi connectivity index (χ0v) is 14.9. The molecular formula is C18H24FN3O3. The Bertz CT molecular complexity index is 770. The van der Waals surface area contributed by atoms with Gasteiger partial charge in [0.05, 0.1) is 6.04 Å². The van der Waals surface area contributed by atoms with E-state index in [0.29, 0.717) is 16.7 Å². The first-order valence-corrected chi connectivity index (χ1v) is 8.30. The molecule has 1 aromatic carbocycles. The second-order valence-corrected chi connectivity index (χ2v) is 6.33. The molecule has 7 heteroatoms. The van der Waals surface area contributed by atoms with Crippen LogP contribution in [0.15, 0.2) is 22.6 Å². The number of aryl methyl sites for hydroxylation is 1. The number of amides is 3. The zero-order chi connectivity index (χ0) is 18.6. The average Bonchev–Trinajstić information content (AvgIpc) is 2.83. The topological polar surface area (TPSA) is 83.4 Å². The van der Waals surface area contributed by atoms with Crippen LogP contribution in [0.3, 0.4) is 0 Å². The van der Waals surface area contributed by atoms with E-state index in [0.717, 1.165) is 5.56 Å². The van der Waals surface area contributed by atoms with Gasteiger partial charge in [0.25, 0.3) is 0 Å². The van der Waals surface area contributed by atoms with Crippen LogP contribution < -0.4 is 16.0 Å². The first-order valence-electron chi connectivity index (χ1n) is 8.30. The fourth-order valence-electron chi connectivity index (χ4n) is 2.62. The number of furan rings is 1. The Balaban J connectivity index is 1.91. The van der Waals surface area contributed by atoms with Crippen LogP contribution in [-0.4, -0.2) is 24.5 Å². The summed E-state index contributed by atoms with van der Waals surface area (Å²) < 4.78 is 19.1. The van der Waals surface area contributed by atoms with Crippen LogP contribution in [0, 0.1) is 12.7 Å². The molecule has 136 valence electrons. The normalized spacial score (nSPS) is 12.2. The van der Waals surface area contributed by atoms with Crippen LogP contribution >= 0.6 is 0 Å². The van der Waals surface area contributed by atoms with E-state index in [4.69, 9.17) is 4.42 Å². The summed E-state index contributed by atoms with van der Waals surface area (Å²) in [6.45, 7) is 7.60. The Morgan fingerprint density at radius 3 is 2.60 bits per heavy atom. The lowest BCUT2D eigenvalue weighted by molar-refractivity contribution is -0.121. The lowest BCUT2D eigenvalue weighted by Gasteiger charge is -2.14. The Labute approximate surface area is 146 Å². The van der Waals surface area contributed by atoms with E-state index in [1.54, 1.807) is 13.0 Å². The summed E-state index contributed by atoms with van der Waals surface area (Å²) in [6, 6.07) is 3.61. The molecule has 0 aliphatic heterocycles. The van der Waals surface area contributed by atoms with Crippen molar-refractivity contribution >= 4 is 22.9 Å². The third-order valence-electron chi connectivity index (χ3n) is 3.76. The fourth-order valence-corrected chi connectivity index (χ4v) is 2.62. The zero-order valence-electron chi connectivity index (χ0n) is 14.9. The molecule has 1 unspecified atom stereocenters. The molecule has 25 heavy (non-hydrogen) atoms. The van der Waals surface area contributed by atoms with E-state index < -0.39 is 6.03 Å². The molecule has 0 saturated heterocycles. The van der Waals surface area contributed by atoms with Crippen molar-refractivity contribution < 1.29 is 18.4 Å². The number of carbonyl (C=O) groups excluding carboxylic acids is 2. The van der Waals surface area contributed by atoms with Crippen LogP contribution in [0.5, 0.6) is 0 Å². The predicted molar refractivity (Wildman–Crippen MR) is 93.8 cm³/mol. The SMILES string of the molecule is Cc1c(C(C)NC(=O)NCCC(=O)NC(C)C)oc2ccc(F)cc12. The summed E-state index contributed by atoms with van der Waals surface area (Å²) in [5, 5.41) is 8.84. The highest BCUT2D eigenvalue weighted by Gasteiger charge is 2.18. The maximum Gasteiger partial charge on any atom is 0.315 e. The van der Waals surface area contributed by atoms with Crippen LogP contribution in [0.2, 0.25) is 0 Å². The number of rotatable bonds is 6. The van der Waals surface area contributed by atoms with Gasteiger partial charge < -0.3 is 20.4 Å². The van der Waals surface area contributed by atoms with Crippen molar-refractivity contribution in [3.05, 3.63) is 35.3 Å². The minimum absolute atomic E-state index is 0.0715. The molecule has 6 nitrogen and oxygen atoms in total. The number of nitrogens with one attached hydrogen (secondary N) is 3. The molecule has 3 N–H and O–H groups in total. The maximum absolute atomic E-state index is 13.4. The van der Waals surface area contributed by atoms with Gasteiger partial charge >= 0.3 is 6.03 Å². The summed E-state index contributed by atoms with van der Waals surface area (Å²) in [7, 11) is 0. The van der Waals surface area contributed by atoms with E-state index >= 15 is 0 Å². The molecule has 0 radical (unpaired) electrons. The van der Waals surface area contributed by atoms with Gasteiger partial charge in [-0.1, -0.05) is 0 Å². The first-order chi connectivity index (χ1) is 11.8. The predicted octanol–water partition coefficient (Wildman–Crippen LogP) is 3.16. The Kier molecular flexibility index (Phi) is 6.01. The molecule has 0 aliphatic carbocycles. The number of hydrogen-bond acceptors (Lipinski definition) is 3. The van der Waals surface area contributed by atoms with E-state index in [1.807, 2.05) is 20.8 Å². The van der Waals surface area contributed by atoms with Gasteiger partial charge in [-0.2, -0.15) is 0 Å². The van der Waals surface area contributed by atoms with Gasteiger partial charge in [-0.25, -0.2) is 9.18 Å². The molecule has 3 amide bonds. The maximum atomic E-state index is 13.4. The summed E-state index contributed by atoms with van der Waals surface area (Å²) >= 11 is 0. The van der Waals surface area contributed by atoms with Crippen molar-refractivity contribution in [2.45, 2.75) is 46.2 Å². The number of halogens is 1. The third-order valence-corrected chi connectivity index (χ3v) is 3.76. The summed E-state index contributed by atoms with van der Waals surface area (Å²) in [4.78, 5) is 23.5. The second-order valence-electron chi connectivity index (χ2n) is 6.33. The highest BCUT2D eigenvalue weighted by molar-refractivity contribution is 5.83. The van der Waals surface area contributed by atoms with Gasteiger partial charge in [-0.3, -0.25) is 4.79 Å². The van der Waals surface area contributed by atoms with Crippen molar-refractivity contribution in [2.75, 3.05) is 6.54 Å². The van der Waals surface area contributed by atoms with Crippen molar-refractivity contribution in [3.63, 3.8) is 0 Å². The number of carbonyl (C=O) groups is 2. The standard InChI is InChI=1S/C18H24FN3O3/c1-10(2)21-16(23)7-8-20-18(24)22-12(4)17-11(3)14-9-13(19)5-6-15(14)25-17/h5-6,9-10,12H,7-8H2,1-4H3,(H,21,23)(H2,20,22,24). The van der Waals surface area contributed by atoms with E-state index in [9.17, 15) is 14.0 Å². The lowest BCUT2D eigenvalue weighted by Crippen LogP contribution is -2.39. The first kappa shape index (κ1) is 18.8. The van der Waals surface area contributed by atoms with Crippen LogP contribution in [0.1, 0.15) is 44.6 Å². The number of hydrogen-bond donors (Lipinski definition) is 3. The molecule has 1 atom stereocenters. The summed E-state index contributed by atoms with van der Waals surface area (Å²) in [6.07, 6.45) is 0.211. The molecular weight excluding hydrogens is 325 g/mol. The molecule has 0 spiro atoms. The Morgan fingerprint density at radius 1 is 1.20 bits per heavy atom. The van der Waals surface area contributed by atoms with E-state index in [-0.39, 0.29) is 36.8 Å². The fraction of sp³-hybridized carbons (Fsp3) is 0.444. The van der Waals surface area contributed by atoms with Gasteiger partial charge in [-0.05, 0) is 45.9 Å². The molecule has 2 aromatic rings. The summed E-state index contributed by atoms with van der Waals surface area (Å²) in [5.74, 6) is 0.132. The van der Waals surface area contributed by atoms with Gasteiger partial charge in [0.15, 0.2) is 0 Å². The molecule has 0 saturated carbocycles. The highest BCUT2D eigenvalue weighted by atomic mass is 19.1. The molecule has 1 heterocycles. The smallest absolute Gasteiger partial charge is 0.315 e. The Morgan fingerprint density at radius 2 is 1.92 bits per heavy atom. The highest BCUT2D eigenvalue weighted by Crippen LogP contribution is 2.29. The van der Waals surface area contributed by atoms with Gasteiger partial charge in [0, 0.05) is 30.0 Å². The molecule has 0 fully saturated rings. The number of benzene rings is 1. The number of fused-ring (bicyclic) bond motifs is 1. The summed E-state index contributed by atoms with van der Waals surface area (Å²) in [5.41, 5.74) is 1.37. The molecule has 2 rings (SSSR count). The third kappa shape index (κ3) is 4.95. The molecule has 0 aliphatic rings. The number of urea groups is 1. The van der Waals surface area contributed by atoms with Crippen LogP contribution in [0.4, 0.5) is 9.18 Å². The van der Waals surface area contributed by atoms with E-state index in [1.165, 1.54) is 12.1 Å². The molecule has 1 aromatic heterocycles. The van der Waals surface area contributed by atoms with Gasteiger partial charge in [0.2, 0.25) is 5.91 Å². The largest absolute Gasteiger partial charge is 0.459 e. The van der Waals surface area contributed by atoms with Crippen molar-refractivity contribution in [1.29, 1.82) is 0 Å². The second kappa shape index (κ2) is 8.00. The van der Waals surface area contributed by atoms with Crippen molar-refractivity contribution in [1.82, 2.24) is 16.0 Å². The van der Waals surface area contributed by atoms with Gasteiger partial charge in [-0.15, -0.1) is 0 Å². The van der Waals surface area contributed by atoms with Crippen LogP contribution in [0.25, 0.3) is 11.0 Å². The Hall–Kier alpha value is -2.57. The van der Waals surface area contributed by atoms with Crippen molar-refractivity contribution in [3.8, 4) is 0 Å². The lowest BCUT2D eigenvalue weighted by atomic mass is 10.1. The van der Waals surface area contributed by atoms with E-state index in [2.05, 4.69) is 16.0 Å². The van der Waals surface area contributed by atoms with Crippen molar-refractivity contribution in [2.24, 2.45) is 0 Å². The van der Waals surface area contributed by atoms with Crippen LogP contribution in [-0.2, 0) is 4.79 Å². The molecule has 0 bridgehead atoms.